The molecule has 0 atom stereocenters. The summed E-state index contributed by atoms with van der Waals surface area (Å²) in [6.45, 7) is 0. The van der Waals surface area contributed by atoms with Crippen molar-refractivity contribution in [3.05, 3.63) is 146 Å². The molecule has 0 spiro atoms. The molecule has 202 valence electrons. The van der Waals surface area contributed by atoms with Crippen molar-refractivity contribution in [3.63, 3.8) is 0 Å². The van der Waals surface area contributed by atoms with Gasteiger partial charge in [0.25, 0.3) is 0 Å². The molecule has 0 fully saturated rings. The minimum absolute atomic E-state index is 0.476. The molecule has 9 rings (SSSR count). The standard InChI is InChI=1S/C38H24N4O/c1-7-19-31-25(13-1)26-14-2-8-20-32(26)41(31)35-23-11-5-17-29(35)37-39-40-38(43-37)30-18-6-12-24-36(30)42-33-21-9-3-15-27(33)28-16-4-10-22-34(28)42/h1-24H. The maximum atomic E-state index is 6.53. The van der Waals surface area contributed by atoms with Crippen molar-refractivity contribution in [1.29, 1.82) is 0 Å². The molecule has 0 radical (unpaired) electrons. The molecular weight excluding hydrogens is 528 g/mol. The summed E-state index contributed by atoms with van der Waals surface area (Å²) in [6.07, 6.45) is 0. The summed E-state index contributed by atoms with van der Waals surface area (Å²) in [6, 6.07) is 50.5. The van der Waals surface area contributed by atoms with Gasteiger partial charge < -0.3 is 13.6 Å². The Labute approximate surface area is 246 Å². The molecule has 3 aromatic heterocycles. The van der Waals surface area contributed by atoms with E-state index in [0.29, 0.717) is 11.8 Å². The van der Waals surface area contributed by atoms with Gasteiger partial charge in [0.1, 0.15) is 0 Å². The Hall–Kier alpha value is -5.94. The van der Waals surface area contributed by atoms with Gasteiger partial charge in [-0.1, -0.05) is 97.1 Å². The predicted octanol–water partition coefficient (Wildman–Crippen LogP) is 9.60. The van der Waals surface area contributed by atoms with E-state index in [-0.39, 0.29) is 0 Å². The molecule has 5 nitrogen and oxygen atoms in total. The largest absolute Gasteiger partial charge is 0.416 e. The minimum atomic E-state index is 0.476. The van der Waals surface area contributed by atoms with Gasteiger partial charge in [-0.05, 0) is 48.5 Å². The minimum Gasteiger partial charge on any atom is -0.416 e. The van der Waals surface area contributed by atoms with Crippen molar-refractivity contribution in [2.45, 2.75) is 0 Å². The number of hydrogen-bond donors (Lipinski definition) is 0. The van der Waals surface area contributed by atoms with Crippen LogP contribution in [-0.4, -0.2) is 19.3 Å². The number of rotatable bonds is 4. The first-order valence-corrected chi connectivity index (χ1v) is 14.4. The Balaban J connectivity index is 1.23. The SMILES string of the molecule is c1ccc(-n2c3ccccc3c3ccccc32)c(-c2nnc(-c3ccccc3-n3c4ccccc4c4ccccc43)o2)c1. The smallest absolute Gasteiger partial charge is 0.250 e. The first-order chi connectivity index (χ1) is 21.4. The van der Waals surface area contributed by atoms with Crippen LogP contribution in [0.2, 0.25) is 0 Å². The van der Waals surface area contributed by atoms with Gasteiger partial charge >= 0.3 is 0 Å². The average molecular weight is 553 g/mol. The third-order valence-electron chi connectivity index (χ3n) is 8.34. The van der Waals surface area contributed by atoms with Crippen LogP contribution in [0.3, 0.4) is 0 Å². The van der Waals surface area contributed by atoms with Gasteiger partial charge in [0, 0.05) is 21.5 Å². The van der Waals surface area contributed by atoms with Crippen LogP contribution in [0.5, 0.6) is 0 Å². The fourth-order valence-corrected chi connectivity index (χ4v) is 6.50. The van der Waals surface area contributed by atoms with Crippen molar-refractivity contribution in [1.82, 2.24) is 19.3 Å². The Kier molecular flexibility index (Phi) is 5.13. The maximum absolute atomic E-state index is 6.53. The molecule has 0 saturated carbocycles. The monoisotopic (exact) mass is 552 g/mol. The van der Waals surface area contributed by atoms with Crippen molar-refractivity contribution in [2.24, 2.45) is 0 Å². The highest BCUT2D eigenvalue weighted by Crippen LogP contribution is 2.38. The van der Waals surface area contributed by atoms with Crippen LogP contribution in [0.25, 0.3) is 77.9 Å². The lowest BCUT2D eigenvalue weighted by Gasteiger charge is -2.12. The second-order valence-electron chi connectivity index (χ2n) is 10.7. The molecule has 6 aromatic carbocycles. The Morgan fingerprint density at radius 2 is 0.651 bits per heavy atom. The number of nitrogens with zero attached hydrogens (tertiary/aromatic N) is 4. The van der Waals surface area contributed by atoms with Gasteiger partial charge in [0.05, 0.1) is 44.6 Å². The first-order valence-electron chi connectivity index (χ1n) is 14.4. The maximum Gasteiger partial charge on any atom is 0.250 e. The molecule has 9 aromatic rings. The third kappa shape index (κ3) is 3.52. The third-order valence-corrected chi connectivity index (χ3v) is 8.34. The van der Waals surface area contributed by atoms with Gasteiger partial charge in [0.2, 0.25) is 11.8 Å². The molecule has 0 amide bonds. The topological polar surface area (TPSA) is 48.8 Å². The molecule has 0 unspecified atom stereocenters. The number of benzene rings is 6. The summed E-state index contributed by atoms with van der Waals surface area (Å²) in [7, 11) is 0. The molecule has 3 heterocycles. The molecule has 0 saturated heterocycles. The molecule has 0 bridgehead atoms. The van der Waals surface area contributed by atoms with Crippen LogP contribution in [0.4, 0.5) is 0 Å². The number of aromatic nitrogens is 4. The first kappa shape index (κ1) is 23.7. The van der Waals surface area contributed by atoms with E-state index in [2.05, 4.69) is 153 Å². The summed E-state index contributed by atoms with van der Waals surface area (Å²) in [5.41, 5.74) is 8.26. The summed E-state index contributed by atoms with van der Waals surface area (Å²) in [5.74, 6) is 0.953. The van der Waals surface area contributed by atoms with E-state index in [1.54, 1.807) is 0 Å². The number of hydrogen-bond acceptors (Lipinski definition) is 3. The number of para-hydroxylation sites is 6. The molecular formula is C38H24N4O. The highest BCUT2D eigenvalue weighted by molar-refractivity contribution is 6.10. The van der Waals surface area contributed by atoms with E-state index in [4.69, 9.17) is 4.42 Å². The van der Waals surface area contributed by atoms with E-state index < -0.39 is 0 Å². The summed E-state index contributed by atoms with van der Waals surface area (Å²) in [5, 5.41) is 14.0. The predicted molar refractivity (Wildman–Crippen MR) is 174 cm³/mol. The van der Waals surface area contributed by atoms with E-state index >= 15 is 0 Å². The normalized spacial score (nSPS) is 11.7. The van der Waals surface area contributed by atoms with Crippen LogP contribution >= 0.6 is 0 Å². The molecule has 0 aliphatic carbocycles. The lowest BCUT2D eigenvalue weighted by molar-refractivity contribution is 0.584. The fraction of sp³-hybridized carbons (Fsp3) is 0. The van der Waals surface area contributed by atoms with Gasteiger partial charge in [0.15, 0.2) is 0 Å². The Morgan fingerprint density at radius 1 is 0.349 bits per heavy atom. The molecule has 0 aliphatic rings. The van der Waals surface area contributed by atoms with Crippen LogP contribution in [-0.2, 0) is 0 Å². The highest BCUT2D eigenvalue weighted by Gasteiger charge is 2.21. The zero-order valence-corrected chi connectivity index (χ0v) is 23.1. The summed E-state index contributed by atoms with van der Waals surface area (Å²) < 4.78 is 11.1. The van der Waals surface area contributed by atoms with Gasteiger partial charge in [-0.25, -0.2) is 0 Å². The van der Waals surface area contributed by atoms with Gasteiger partial charge in [-0.15, -0.1) is 10.2 Å². The van der Waals surface area contributed by atoms with Crippen molar-refractivity contribution in [2.75, 3.05) is 0 Å². The van der Waals surface area contributed by atoms with Crippen molar-refractivity contribution in [3.8, 4) is 34.3 Å². The molecule has 0 N–H and O–H groups in total. The van der Waals surface area contributed by atoms with Crippen LogP contribution in [0.15, 0.2) is 150 Å². The van der Waals surface area contributed by atoms with Crippen LogP contribution in [0, 0.1) is 0 Å². The van der Waals surface area contributed by atoms with Gasteiger partial charge in [-0.2, -0.15) is 0 Å². The molecule has 5 heteroatoms. The van der Waals surface area contributed by atoms with Crippen LogP contribution < -0.4 is 0 Å². The van der Waals surface area contributed by atoms with E-state index in [1.165, 1.54) is 21.5 Å². The summed E-state index contributed by atoms with van der Waals surface area (Å²) in [4.78, 5) is 0. The van der Waals surface area contributed by atoms with Crippen molar-refractivity contribution >= 4 is 43.6 Å². The zero-order valence-electron chi connectivity index (χ0n) is 23.1. The van der Waals surface area contributed by atoms with Crippen LogP contribution in [0.1, 0.15) is 0 Å². The quantitative estimate of drug-likeness (QED) is 0.218. The second-order valence-corrected chi connectivity index (χ2v) is 10.7. The Bertz CT molecular complexity index is 2200. The zero-order chi connectivity index (χ0) is 28.3. The number of fused-ring (bicyclic) bond motifs is 6. The van der Waals surface area contributed by atoms with Crippen molar-refractivity contribution < 1.29 is 4.42 Å². The van der Waals surface area contributed by atoms with E-state index in [0.717, 1.165) is 44.6 Å². The summed E-state index contributed by atoms with van der Waals surface area (Å²) >= 11 is 0. The molecule has 43 heavy (non-hydrogen) atoms. The second kappa shape index (κ2) is 9.29. The lowest BCUT2D eigenvalue weighted by Crippen LogP contribution is -1.97. The molecule has 0 aliphatic heterocycles. The lowest BCUT2D eigenvalue weighted by atomic mass is 10.1. The van der Waals surface area contributed by atoms with Gasteiger partial charge in [-0.3, -0.25) is 0 Å². The van der Waals surface area contributed by atoms with E-state index in [9.17, 15) is 0 Å². The van der Waals surface area contributed by atoms with E-state index in [1.807, 2.05) is 12.1 Å². The average Bonchev–Trinajstić information content (AvgIpc) is 3.78. The highest BCUT2D eigenvalue weighted by atomic mass is 16.4. The Morgan fingerprint density at radius 3 is 1.02 bits per heavy atom. The fourth-order valence-electron chi connectivity index (χ4n) is 6.50.